The Labute approximate surface area is 281 Å². The second-order valence-electron chi connectivity index (χ2n) is 12.5. The molecule has 3 aliphatic heterocycles. The second-order valence-corrected chi connectivity index (χ2v) is 12.5. The maximum atomic E-state index is 14.4. The van der Waals surface area contributed by atoms with Crippen LogP contribution in [0.3, 0.4) is 0 Å². The zero-order valence-electron chi connectivity index (χ0n) is 27.6. The van der Waals surface area contributed by atoms with E-state index in [1.54, 1.807) is 44.1 Å². The summed E-state index contributed by atoms with van der Waals surface area (Å²) in [5, 5.41) is 16.3. The number of benzene rings is 3. The lowest BCUT2D eigenvalue weighted by molar-refractivity contribution is -0.189. The Morgan fingerprint density at radius 3 is 2.44 bits per heavy atom. The van der Waals surface area contributed by atoms with Gasteiger partial charge in [-0.1, -0.05) is 66.7 Å². The number of piperazine rings is 1. The number of fused-ring (bicyclic) bond motifs is 1. The van der Waals surface area contributed by atoms with Crippen LogP contribution in [0.5, 0.6) is 5.75 Å². The molecule has 48 heavy (non-hydrogen) atoms. The minimum absolute atomic E-state index is 0.0418. The topological polar surface area (TPSA) is 109 Å². The molecule has 0 bridgehead atoms. The number of morpholine rings is 1. The summed E-state index contributed by atoms with van der Waals surface area (Å²) in [6, 6.07) is 21.5. The number of urea groups is 1. The highest BCUT2D eigenvalue weighted by molar-refractivity contribution is 5.91. The van der Waals surface area contributed by atoms with E-state index in [9.17, 15) is 19.5 Å². The molecule has 3 saturated heterocycles. The lowest BCUT2D eigenvalue weighted by atomic mass is 9.98. The van der Waals surface area contributed by atoms with Gasteiger partial charge in [0.1, 0.15) is 18.0 Å². The summed E-state index contributed by atoms with van der Waals surface area (Å²) in [4.78, 5) is 48.1. The van der Waals surface area contributed by atoms with E-state index in [1.807, 2.05) is 55.5 Å². The minimum Gasteiger partial charge on any atom is -0.508 e. The van der Waals surface area contributed by atoms with Gasteiger partial charge in [0.05, 0.1) is 26.3 Å². The van der Waals surface area contributed by atoms with Gasteiger partial charge in [0.2, 0.25) is 11.8 Å². The highest BCUT2D eigenvalue weighted by atomic mass is 16.5. The first kappa shape index (κ1) is 33.0. The predicted octanol–water partition coefficient (Wildman–Crippen LogP) is 3.66. The van der Waals surface area contributed by atoms with E-state index in [0.29, 0.717) is 32.8 Å². The van der Waals surface area contributed by atoms with Crippen molar-refractivity contribution in [1.29, 1.82) is 0 Å². The summed E-state index contributed by atoms with van der Waals surface area (Å²) >= 11 is 0. The molecule has 11 nitrogen and oxygen atoms in total. The summed E-state index contributed by atoms with van der Waals surface area (Å²) in [5.74, 6) is -0.260. The molecule has 3 fully saturated rings. The van der Waals surface area contributed by atoms with Crippen molar-refractivity contribution in [3.63, 3.8) is 0 Å². The van der Waals surface area contributed by atoms with Crippen molar-refractivity contribution in [2.24, 2.45) is 0 Å². The fourth-order valence-corrected chi connectivity index (χ4v) is 6.75. The minimum atomic E-state index is -0.835. The average Bonchev–Trinajstić information content (AvgIpc) is 3.10. The van der Waals surface area contributed by atoms with Crippen molar-refractivity contribution in [3.05, 3.63) is 107 Å². The van der Waals surface area contributed by atoms with E-state index < -0.39 is 12.2 Å². The number of hydrazine groups is 1. The van der Waals surface area contributed by atoms with Crippen molar-refractivity contribution in [1.82, 2.24) is 25.1 Å². The van der Waals surface area contributed by atoms with Crippen molar-refractivity contribution < 1.29 is 24.2 Å². The molecule has 4 amide bonds. The largest absolute Gasteiger partial charge is 0.508 e. The molecule has 2 atom stereocenters. The molecule has 2 N–H and O–H groups in total. The molecular formula is C37H44N6O5. The smallest absolute Gasteiger partial charge is 0.334 e. The molecule has 0 aliphatic carbocycles. The van der Waals surface area contributed by atoms with E-state index in [-0.39, 0.29) is 43.1 Å². The summed E-state index contributed by atoms with van der Waals surface area (Å²) in [6.07, 6.45) is 3.33. The van der Waals surface area contributed by atoms with Crippen LogP contribution in [0.15, 0.2) is 84.9 Å². The zero-order chi connectivity index (χ0) is 33.6. The molecule has 0 unspecified atom stereocenters. The van der Waals surface area contributed by atoms with Crippen LogP contribution in [0.4, 0.5) is 10.5 Å². The molecule has 11 heteroatoms. The van der Waals surface area contributed by atoms with Gasteiger partial charge in [0.25, 0.3) is 0 Å². The molecule has 6 rings (SSSR count). The highest BCUT2D eigenvalue weighted by Gasteiger charge is 2.51. The molecule has 0 radical (unpaired) electrons. The van der Waals surface area contributed by atoms with Gasteiger partial charge in [-0.25, -0.2) is 14.8 Å². The van der Waals surface area contributed by atoms with Gasteiger partial charge in [-0.3, -0.25) is 9.59 Å². The molecule has 0 saturated carbocycles. The van der Waals surface area contributed by atoms with E-state index >= 15 is 0 Å². The molecule has 3 aromatic rings. The summed E-state index contributed by atoms with van der Waals surface area (Å²) in [6.45, 7) is 8.06. The first-order valence-electron chi connectivity index (χ1n) is 16.6. The number of carbonyl (C=O) groups excluding carboxylic acids is 3. The first-order valence-corrected chi connectivity index (χ1v) is 16.6. The number of phenolic OH excluding ortho intramolecular Hbond substituents is 1. The number of rotatable bonds is 9. The predicted molar refractivity (Wildman–Crippen MR) is 183 cm³/mol. The molecule has 3 aromatic carbocycles. The summed E-state index contributed by atoms with van der Waals surface area (Å²) in [7, 11) is 0. The highest BCUT2D eigenvalue weighted by Crippen LogP contribution is 2.31. The molecule has 3 aliphatic rings. The number of aromatic hydroxyl groups is 1. The second kappa shape index (κ2) is 14.9. The number of ether oxygens (including phenoxy) is 1. The van der Waals surface area contributed by atoms with Gasteiger partial charge in [-0.15, -0.1) is 0 Å². The Morgan fingerprint density at radius 1 is 0.979 bits per heavy atom. The quantitative estimate of drug-likeness (QED) is 0.340. The van der Waals surface area contributed by atoms with Gasteiger partial charge in [-0.2, -0.15) is 0 Å². The summed E-state index contributed by atoms with van der Waals surface area (Å²) < 4.78 is 5.57. The van der Waals surface area contributed by atoms with Crippen LogP contribution < -0.4 is 10.2 Å². The van der Waals surface area contributed by atoms with E-state index in [1.165, 1.54) is 0 Å². The van der Waals surface area contributed by atoms with Crippen LogP contribution in [0, 0.1) is 6.92 Å². The van der Waals surface area contributed by atoms with Crippen LogP contribution in [-0.4, -0.2) is 101 Å². The fourth-order valence-electron chi connectivity index (χ4n) is 6.75. The van der Waals surface area contributed by atoms with Gasteiger partial charge >= 0.3 is 6.03 Å². The van der Waals surface area contributed by atoms with Crippen molar-refractivity contribution in [3.8, 4) is 5.75 Å². The number of aryl methyl sites for hydroxylation is 1. The first-order chi connectivity index (χ1) is 23.3. The fraction of sp³-hybridized carbons (Fsp3) is 0.378. The maximum absolute atomic E-state index is 14.4. The number of phenols is 1. The number of carbonyl (C=O) groups is 3. The van der Waals surface area contributed by atoms with Crippen LogP contribution in [-0.2, 0) is 33.8 Å². The Hall–Kier alpha value is -4.87. The standard InChI is InChI=1S/C37H44N6O5/c1-3-4-16-41-26-35(45)42-33(21-28-12-14-31(44)15-13-28)36(46)40(24-30-11-10-27(2)32(22-30)39-17-19-48-20-18-39)25-34(42)43(41)37(47)38-23-29-8-6-5-7-9-29/h3-15,22,33-34,44H,16-21,23-26H2,1-2H3,(H,38,47)/b4-3-/t33-,34-/m0/s1. The van der Waals surface area contributed by atoms with E-state index in [2.05, 4.69) is 29.3 Å². The number of hydrogen-bond acceptors (Lipinski definition) is 7. The van der Waals surface area contributed by atoms with Gasteiger partial charge in [0, 0.05) is 44.8 Å². The van der Waals surface area contributed by atoms with Gasteiger partial charge in [0.15, 0.2) is 0 Å². The monoisotopic (exact) mass is 652 g/mol. The Morgan fingerprint density at radius 2 is 1.71 bits per heavy atom. The zero-order valence-corrected chi connectivity index (χ0v) is 27.6. The Bertz CT molecular complexity index is 1620. The van der Waals surface area contributed by atoms with Crippen molar-refractivity contribution >= 4 is 23.5 Å². The molecule has 252 valence electrons. The van der Waals surface area contributed by atoms with Crippen molar-refractivity contribution in [2.75, 3.05) is 50.8 Å². The number of anilines is 1. The van der Waals surface area contributed by atoms with Gasteiger partial charge in [-0.05, 0) is 54.3 Å². The van der Waals surface area contributed by atoms with Crippen molar-refractivity contribution in [2.45, 2.75) is 45.6 Å². The molecule has 0 spiro atoms. The molecule has 3 heterocycles. The number of nitrogens with zero attached hydrogens (tertiary/aromatic N) is 5. The third-order valence-electron chi connectivity index (χ3n) is 9.24. The van der Waals surface area contributed by atoms with E-state index in [4.69, 9.17) is 4.74 Å². The number of allylic oxidation sites excluding steroid dienone is 1. The van der Waals surface area contributed by atoms with Gasteiger partial charge < -0.3 is 29.9 Å². The third-order valence-corrected chi connectivity index (χ3v) is 9.24. The number of hydrogen-bond donors (Lipinski definition) is 2. The lowest BCUT2D eigenvalue weighted by Gasteiger charge is -2.55. The Kier molecular flexibility index (Phi) is 10.3. The Balaban J connectivity index is 1.34. The van der Waals surface area contributed by atoms with Crippen LogP contribution >= 0.6 is 0 Å². The summed E-state index contributed by atoms with van der Waals surface area (Å²) in [5.41, 5.74) is 5.01. The third kappa shape index (κ3) is 7.32. The van der Waals surface area contributed by atoms with Crippen LogP contribution in [0.25, 0.3) is 0 Å². The van der Waals surface area contributed by atoms with Crippen LogP contribution in [0.2, 0.25) is 0 Å². The average molecular weight is 653 g/mol. The van der Waals surface area contributed by atoms with E-state index in [0.717, 1.165) is 41.0 Å². The number of nitrogens with one attached hydrogen (secondary N) is 1. The number of amides is 4. The normalized spacial score (nSPS) is 20.4. The molecular weight excluding hydrogens is 608 g/mol. The molecule has 0 aromatic heterocycles. The SMILES string of the molecule is C/C=C\CN1CC(=O)N2[C@@H](Cc3ccc(O)cc3)C(=O)N(Cc3ccc(C)c(N4CCOCC4)c3)C[C@@H]2N1C(=O)NCc1ccccc1. The van der Waals surface area contributed by atoms with Crippen LogP contribution in [0.1, 0.15) is 29.2 Å². The lowest BCUT2D eigenvalue weighted by Crippen LogP contribution is -2.76. The maximum Gasteiger partial charge on any atom is 0.334 e.